The van der Waals surface area contributed by atoms with Crippen molar-refractivity contribution in [3.8, 4) is 6.07 Å². The van der Waals surface area contributed by atoms with E-state index in [4.69, 9.17) is 5.11 Å². The number of rotatable bonds is 6. The smallest absolute Gasteiger partial charge is 0.262 e. The van der Waals surface area contributed by atoms with Crippen LogP contribution < -0.4 is 10.2 Å². The quantitative estimate of drug-likeness (QED) is 0.620. The molecule has 118 valence electrons. The second kappa shape index (κ2) is 8.20. The molecular formula is C17H23N3O2. The minimum absolute atomic E-state index is 0.00311. The number of benzene rings is 1. The van der Waals surface area contributed by atoms with Gasteiger partial charge in [0, 0.05) is 32.9 Å². The summed E-state index contributed by atoms with van der Waals surface area (Å²) in [6, 6.07) is 9.65. The second-order valence-electron chi connectivity index (χ2n) is 5.55. The lowest BCUT2D eigenvalue weighted by atomic mass is 10.0. The molecule has 1 aromatic carbocycles. The van der Waals surface area contributed by atoms with Gasteiger partial charge in [-0.1, -0.05) is 19.1 Å². The molecule has 0 aliphatic heterocycles. The molecule has 0 aliphatic rings. The minimum atomic E-state index is -0.406. The molecule has 1 aromatic rings. The van der Waals surface area contributed by atoms with Gasteiger partial charge in [-0.3, -0.25) is 4.79 Å². The van der Waals surface area contributed by atoms with Gasteiger partial charge in [0.25, 0.3) is 5.91 Å². The molecule has 5 nitrogen and oxygen atoms in total. The molecular weight excluding hydrogens is 278 g/mol. The van der Waals surface area contributed by atoms with Crippen LogP contribution in [0, 0.1) is 17.2 Å². The first-order valence-corrected chi connectivity index (χ1v) is 7.18. The van der Waals surface area contributed by atoms with Crippen molar-refractivity contribution >= 4 is 17.2 Å². The lowest BCUT2D eigenvalue weighted by Crippen LogP contribution is -2.30. The highest BCUT2D eigenvalue weighted by atomic mass is 16.3. The number of allylic oxidation sites excluding steroid dienone is 1. The first-order chi connectivity index (χ1) is 10.4. The highest BCUT2D eigenvalue weighted by Crippen LogP contribution is 2.21. The Balaban J connectivity index is 2.96. The number of aliphatic hydroxyl groups excluding tert-OH is 1. The Hall–Kier alpha value is -2.32. The van der Waals surface area contributed by atoms with E-state index in [0.29, 0.717) is 12.1 Å². The number of hydrogen-bond acceptors (Lipinski definition) is 4. The van der Waals surface area contributed by atoms with Crippen molar-refractivity contribution in [1.29, 1.82) is 5.26 Å². The highest BCUT2D eigenvalue weighted by Gasteiger charge is 2.14. The average molecular weight is 301 g/mol. The number of nitriles is 1. The maximum Gasteiger partial charge on any atom is 0.262 e. The molecule has 22 heavy (non-hydrogen) atoms. The molecule has 0 spiro atoms. The average Bonchev–Trinajstić information content (AvgIpc) is 2.53. The number of carbonyl (C=O) groups is 1. The van der Waals surface area contributed by atoms with Crippen LogP contribution in [0.15, 0.2) is 29.8 Å². The van der Waals surface area contributed by atoms with E-state index in [1.165, 1.54) is 0 Å². The van der Waals surface area contributed by atoms with Crippen molar-refractivity contribution in [2.24, 2.45) is 5.92 Å². The molecule has 0 saturated heterocycles. The fourth-order valence-electron chi connectivity index (χ4n) is 1.88. The first-order valence-electron chi connectivity index (χ1n) is 7.18. The first kappa shape index (κ1) is 17.7. The molecule has 0 aromatic heterocycles. The van der Waals surface area contributed by atoms with Crippen LogP contribution in [0.2, 0.25) is 0 Å². The van der Waals surface area contributed by atoms with Crippen molar-refractivity contribution < 1.29 is 9.90 Å². The fraction of sp³-hybridized carbons (Fsp3) is 0.412. The predicted molar refractivity (Wildman–Crippen MR) is 88.2 cm³/mol. The Bertz CT molecular complexity index is 583. The third kappa shape index (κ3) is 4.61. The third-order valence-electron chi connectivity index (χ3n) is 3.45. The molecule has 2 N–H and O–H groups in total. The van der Waals surface area contributed by atoms with Gasteiger partial charge in [-0.2, -0.15) is 5.26 Å². The van der Waals surface area contributed by atoms with E-state index >= 15 is 0 Å². The van der Waals surface area contributed by atoms with Crippen molar-refractivity contribution in [3.63, 3.8) is 0 Å². The van der Waals surface area contributed by atoms with Crippen LogP contribution in [0.4, 0.5) is 5.69 Å². The summed E-state index contributed by atoms with van der Waals surface area (Å²) in [6.45, 7) is 3.92. The number of nitrogens with one attached hydrogen (secondary N) is 1. The molecule has 1 atom stereocenters. The Kier molecular flexibility index (Phi) is 6.61. The molecule has 0 aliphatic carbocycles. The van der Waals surface area contributed by atoms with Gasteiger partial charge in [-0.05, 0) is 36.1 Å². The van der Waals surface area contributed by atoms with E-state index in [1.807, 2.05) is 56.3 Å². The summed E-state index contributed by atoms with van der Waals surface area (Å²) >= 11 is 0. The summed E-state index contributed by atoms with van der Waals surface area (Å²) < 4.78 is 0. The standard InChI is InChI=1S/C17H23N3O2/c1-12(11-21)10-19-17(22)16(9-18)13(2)14-5-7-15(8-6-14)20(3)4/h5-8,12,21H,10-11H2,1-4H3,(H,19,22)/b16-13+. The molecule has 0 radical (unpaired) electrons. The van der Waals surface area contributed by atoms with Gasteiger partial charge in [0.2, 0.25) is 0 Å². The maximum absolute atomic E-state index is 12.1. The van der Waals surface area contributed by atoms with Gasteiger partial charge in [-0.25, -0.2) is 0 Å². The zero-order chi connectivity index (χ0) is 16.7. The Labute approximate surface area is 131 Å². The summed E-state index contributed by atoms with van der Waals surface area (Å²) in [5.74, 6) is -0.444. The number of amides is 1. The van der Waals surface area contributed by atoms with E-state index in [2.05, 4.69) is 5.32 Å². The van der Waals surface area contributed by atoms with Crippen molar-refractivity contribution in [2.45, 2.75) is 13.8 Å². The second-order valence-corrected chi connectivity index (χ2v) is 5.55. The number of hydrogen-bond donors (Lipinski definition) is 2. The van der Waals surface area contributed by atoms with Crippen molar-refractivity contribution in [2.75, 3.05) is 32.1 Å². The monoisotopic (exact) mass is 301 g/mol. The van der Waals surface area contributed by atoms with Gasteiger partial charge >= 0.3 is 0 Å². The lowest BCUT2D eigenvalue weighted by molar-refractivity contribution is -0.117. The van der Waals surface area contributed by atoms with Gasteiger partial charge in [-0.15, -0.1) is 0 Å². The molecule has 0 saturated carbocycles. The lowest BCUT2D eigenvalue weighted by Gasteiger charge is -2.14. The topological polar surface area (TPSA) is 76.4 Å². The number of aliphatic hydroxyl groups is 1. The van der Waals surface area contributed by atoms with Crippen LogP contribution in [0.3, 0.4) is 0 Å². The number of nitrogens with zero attached hydrogens (tertiary/aromatic N) is 2. The number of anilines is 1. The van der Waals surface area contributed by atoms with E-state index in [1.54, 1.807) is 6.92 Å². The molecule has 0 bridgehead atoms. The molecule has 1 amide bonds. The third-order valence-corrected chi connectivity index (χ3v) is 3.45. The SMILES string of the molecule is C/C(=C(/C#N)C(=O)NCC(C)CO)c1ccc(N(C)C)cc1. The summed E-state index contributed by atoms with van der Waals surface area (Å²) in [7, 11) is 3.91. The van der Waals surface area contributed by atoms with E-state index in [0.717, 1.165) is 11.3 Å². The summed E-state index contributed by atoms with van der Waals surface area (Å²) in [6.07, 6.45) is 0. The predicted octanol–water partition coefficient (Wildman–Crippen LogP) is 1.79. The van der Waals surface area contributed by atoms with Crippen LogP contribution in [0.25, 0.3) is 5.57 Å². The van der Waals surface area contributed by atoms with Gasteiger partial charge in [0.1, 0.15) is 11.6 Å². The van der Waals surface area contributed by atoms with Crippen LogP contribution in [-0.4, -0.2) is 38.3 Å². The molecule has 5 heteroatoms. The fourth-order valence-corrected chi connectivity index (χ4v) is 1.88. The molecule has 1 unspecified atom stereocenters. The van der Waals surface area contributed by atoms with E-state index in [-0.39, 0.29) is 18.1 Å². The van der Waals surface area contributed by atoms with Crippen molar-refractivity contribution in [3.05, 3.63) is 35.4 Å². The minimum Gasteiger partial charge on any atom is -0.396 e. The Morgan fingerprint density at radius 2 is 1.95 bits per heavy atom. The van der Waals surface area contributed by atoms with Crippen LogP contribution in [0.1, 0.15) is 19.4 Å². The van der Waals surface area contributed by atoms with Crippen LogP contribution in [0.5, 0.6) is 0 Å². The molecule has 1 rings (SSSR count). The van der Waals surface area contributed by atoms with Crippen molar-refractivity contribution in [1.82, 2.24) is 5.32 Å². The normalized spacial score (nSPS) is 12.9. The van der Waals surface area contributed by atoms with Gasteiger partial charge < -0.3 is 15.3 Å². The summed E-state index contributed by atoms with van der Waals surface area (Å²) in [5, 5.41) is 20.9. The van der Waals surface area contributed by atoms with E-state index in [9.17, 15) is 10.1 Å². The molecule has 0 heterocycles. The Morgan fingerprint density at radius 3 is 2.41 bits per heavy atom. The maximum atomic E-state index is 12.1. The number of carbonyl (C=O) groups excluding carboxylic acids is 1. The van der Waals surface area contributed by atoms with Crippen LogP contribution in [-0.2, 0) is 4.79 Å². The largest absolute Gasteiger partial charge is 0.396 e. The Morgan fingerprint density at radius 1 is 1.36 bits per heavy atom. The molecule has 0 fully saturated rings. The zero-order valence-electron chi connectivity index (χ0n) is 13.6. The van der Waals surface area contributed by atoms with Crippen LogP contribution >= 0.6 is 0 Å². The zero-order valence-corrected chi connectivity index (χ0v) is 13.6. The van der Waals surface area contributed by atoms with Gasteiger partial charge in [0.05, 0.1) is 0 Å². The summed E-state index contributed by atoms with van der Waals surface area (Å²) in [5.41, 5.74) is 2.63. The summed E-state index contributed by atoms with van der Waals surface area (Å²) in [4.78, 5) is 14.1. The highest BCUT2D eigenvalue weighted by molar-refractivity contribution is 6.04. The van der Waals surface area contributed by atoms with Gasteiger partial charge in [0.15, 0.2) is 0 Å². The van der Waals surface area contributed by atoms with E-state index < -0.39 is 5.91 Å².